The van der Waals surface area contributed by atoms with Crippen LogP contribution in [0.1, 0.15) is 21.9 Å². The highest BCUT2D eigenvalue weighted by Crippen LogP contribution is 2.09. The minimum Gasteiger partial charge on any atom is -0.304 e. The maximum Gasteiger partial charge on any atom is 0.277 e. The van der Waals surface area contributed by atoms with Crippen molar-refractivity contribution in [1.82, 2.24) is 24.9 Å². The number of rotatable bonds is 4. The number of nitrogens with zero attached hydrogens (tertiary/aromatic N) is 4. The first-order chi connectivity index (χ1) is 8.95. The van der Waals surface area contributed by atoms with Crippen molar-refractivity contribution in [1.29, 1.82) is 0 Å². The number of aromatic nitrogens is 4. The predicted octanol–water partition coefficient (Wildman–Crippen LogP) is 0.766. The van der Waals surface area contributed by atoms with Crippen LogP contribution >= 0.6 is 0 Å². The Bertz CT molecular complexity index is 563. The SMILES string of the molecule is Cc1cc(C(=O)Nc2cc(CN(C)C)[nH]n2)nn1C. The summed E-state index contributed by atoms with van der Waals surface area (Å²) in [4.78, 5) is 14.0. The first-order valence-corrected chi connectivity index (χ1v) is 5.96. The smallest absolute Gasteiger partial charge is 0.277 e. The lowest BCUT2D eigenvalue weighted by atomic mass is 10.3. The van der Waals surface area contributed by atoms with Gasteiger partial charge in [-0.15, -0.1) is 0 Å². The third kappa shape index (κ3) is 3.19. The minimum atomic E-state index is -0.258. The summed E-state index contributed by atoms with van der Waals surface area (Å²) in [5.41, 5.74) is 2.26. The van der Waals surface area contributed by atoms with Crippen molar-refractivity contribution in [2.75, 3.05) is 19.4 Å². The molecule has 0 unspecified atom stereocenters. The molecule has 0 saturated carbocycles. The second-order valence-corrected chi connectivity index (χ2v) is 4.76. The van der Waals surface area contributed by atoms with Crippen LogP contribution in [-0.4, -0.2) is 44.9 Å². The molecule has 2 aromatic rings. The molecule has 102 valence electrons. The van der Waals surface area contributed by atoms with Crippen LogP contribution in [0.4, 0.5) is 5.82 Å². The zero-order chi connectivity index (χ0) is 14.0. The Morgan fingerprint density at radius 2 is 2.21 bits per heavy atom. The molecule has 7 heteroatoms. The van der Waals surface area contributed by atoms with Gasteiger partial charge in [0.1, 0.15) is 0 Å². The Hall–Kier alpha value is -2.15. The van der Waals surface area contributed by atoms with Crippen LogP contribution in [0.5, 0.6) is 0 Å². The van der Waals surface area contributed by atoms with E-state index < -0.39 is 0 Å². The molecule has 0 atom stereocenters. The average molecular weight is 262 g/mol. The van der Waals surface area contributed by atoms with Gasteiger partial charge in [-0.1, -0.05) is 0 Å². The minimum absolute atomic E-state index is 0.258. The van der Waals surface area contributed by atoms with E-state index in [0.717, 1.165) is 17.9 Å². The molecule has 2 aromatic heterocycles. The van der Waals surface area contributed by atoms with Crippen LogP contribution < -0.4 is 5.32 Å². The van der Waals surface area contributed by atoms with Crippen LogP contribution in [0.3, 0.4) is 0 Å². The van der Waals surface area contributed by atoms with E-state index in [-0.39, 0.29) is 5.91 Å². The van der Waals surface area contributed by atoms with Crippen LogP contribution in [0, 0.1) is 6.92 Å². The molecule has 0 saturated heterocycles. The molecule has 2 N–H and O–H groups in total. The van der Waals surface area contributed by atoms with Gasteiger partial charge in [0.15, 0.2) is 11.5 Å². The molecular formula is C12H18N6O. The lowest BCUT2D eigenvalue weighted by Crippen LogP contribution is -2.13. The normalized spacial score (nSPS) is 11.0. The molecule has 0 bridgehead atoms. The molecule has 0 radical (unpaired) electrons. The summed E-state index contributed by atoms with van der Waals surface area (Å²) in [6.07, 6.45) is 0. The number of carbonyl (C=O) groups is 1. The monoisotopic (exact) mass is 262 g/mol. The largest absolute Gasteiger partial charge is 0.304 e. The third-order valence-corrected chi connectivity index (χ3v) is 2.71. The number of aryl methyl sites for hydroxylation is 2. The van der Waals surface area contributed by atoms with Crippen molar-refractivity contribution in [3.8, 4) is 0 Å². The first-order valence-electron chi connectivity index (χ1n) is 5.96. The predicted molar refractivity (Wildman–Crippen MR) is 71.9 cm³/mol. The van der Waals surface area contributed by atoms with E-state index in [4.69, 9.17) is 0 Å². The second kappa shape index (κ2) is 5.23. The van der Waals surface area contributed by atoms with E-state index in [2.05, 4.69) is 20.6 Å². The zero-order valence-corrected chi connectivity index (χ0v) is 11.6. The summed E-state index contributed by atoms with van der Waals surface area (Å²) in [7, 11) is 5.74. The third-order valence-electron chi connectivity index (χ3n) is 2.71. The van der Waals surface area contributed by atoms with Crippen LogP contribution in [0.2, 0.25) is 0 Å². The molecule has 0 fully saturated rings. The van der Waals surface area contributed by atoms with Crippen molar-refractivity contribution in [3.63, 3.8) is 0 Å². The number of hydrogen-bond acceptors (Lipinski definition) is 4. The topological polar surface area (TPSA) is 78.8 Å². The molecule has 0 aliphatic heterocycles. The number of carbonyl (C=O) groups excluding carboxylic acids is 1. The van der Waals surface area contributed by atoms with Gasteiger partial charge in [0.25, 0.3) is 5.91 Å². The van der Waals surface area contributed by atoms with Crippen molar-refractivity contribution < 1.29 is 4.79 Å². The number of aromatic amines is 1. The van der Waals surface area contributed by atoms with Gasteiger partial charge >= 0.3 is 0 Å². The Labute approximate surface area is 111 Å². The van der Waals surface area contributed by atoms with Crippen LogP contribution in [-0.2, 0) is 13.6 Å². The molecule has 0 aliphatic carbocycles. The summed E-state index contributed by atoms with van der Waals surface area (Å²) < 4.78 is 1.66. The van der Waals surface area contributed by atoms with E-state index in [1.165, 1.54) is 0 Å². The Kier molecular flexibility index (Phi) is 3.66. The van der Waals surface area contributed by atoms with Crippen molar-refractivity contribution in [3.05, 3.63) is 29.2 Å². The molecule has 7 nitrogen and oxygen atoms in total. The van der Waals surface area contributed by atoms with E-state index in [1.54, 1.807) is 17.8 Å². The van der Waals surface area contributed by atoms with Crippen molar-refractivity contribution in [2.24, 2.45) is 7.05 Å². The zero-order valence-electron chi connectivity index (χ0n) is 11.6. The maximum atomic E-state index is 12.0. The number of H-pyrrole nitrogens is 1. The molecule has 0 spiro atoms. The summed E-state index contributed by atoms with van der Waals surface area (Å²) >= 11 is 0. The van der Waals surface area contributed by atoms with Gasteiger partial charge in [-0.3, -0.25) is 14.6 Å². The van der Waals surface area contributed by atoms with Gasteiger partial charge in [-0.25, -0.2) is 0 Å². The van der Waals surface area contributed by atoms with E-state index in [1.807, 2.05) is 32.0 Å². The fourth-order valence-corrected chi connectivity index (χ4v) is 1.70. The Balaban J connectivity index is 2.04. The van der Waals surface area contributed by atoms with Gasteiger partial charge in [0, 0.05) is 25.4 Å². The highest BCUT2D eigenvalue weighted by Gasteiger charge is 2.12. The van der Waals surface area contributed by atoms with Gasteiger partial charge in [0.2, 0.25) is 0 Å². The van der Waals surface area contributed by atoms with Crippen LogP contribution in [0.25, 0.3) is 0 Å². The number of amides is 1. The Morgan fingerprint density at radius 3 is 2.79 bits per heavy atom. The second-order valence-electron chi connectivity index (χ2n) is 4.76. The van der Waals surface area contributed by atoms with Gasteiger partial charge in [0.05, 0.1) is 5.69 Å². The van der Waals surface area contributed by atoms with Gasteiger partial charge < -0.3 is 10.2 Å². The fraction of sp³-hybridized carbons (Fsp3) is 0.417. The first kappa shape index (κ1) is 13.3. The number of hydrogen-bond donors (Lipinski definition) is 2. The standard InChI is InChI=1S/C12H18N6O/c1-8-5-10(16-18(8)4)12(19)13-11-6-9(14-15-11)7-17(2)3/h5-6H,7H2,1-4H3,(H2,13,14,15,19). The molecule has 19 heavy (non-hydrogen) atoms. The highest BCUT2D eigenvalue weighted by molar-refractivity contribution is 6.02. The molecule has 0 aliphatic rings. The average Bonchev–Trinajstić information content (AvgIpc) is 2.86. The van der Waals surface area contributed by atoms with Crippen molar-refractivity contribution >= 4 is 11.7 Å². The highest BCUT2D eigenvalue weighted by atomic mass is 16.2. The van der Waals surface area contributed by atoms with Crippen LogP contribution in [0.15, 0.2) is 12.1 Å². The summed E-state index contributed by atoms with van der Waals surface area (Å²) in [5, 5.41) is 13.8. The summed E-state index contributed by atoms with van der Waals surface area (Å²) in [6, 6.07) is 3.55. The number of anilines is 1. The molecule has 1 amide bonds. The van der Waals surface area contributed by atoms with Gasteiger partial charge in [-0.05, 0) is 27.1 Å². The van der Waals surface area contributed by atoms with E-state index in [0.29, 0.717) is 11.5 Å². The fourth-order valence-electron chi connectivity index (χ4n) is 1.70. The Morgan fingerprint density at radius 1 is 1.47 bits per heavy atom. The maximum absolute atomic E-state index is 12.0. The lowest BCUT2D eigenvalue weighted by molar-refractivity contribution is 0.102. The number of nitrogens with one attached hydrogen (secondary N) is 2. The quantitative estimate of drug-likeness (QED) is 0.853. The van der Waals surface area contributed by atoms with E-state index in [9.17, 15) is 4.79 Å². The van der Waals surface area contributed by atoms with Crippen molar-refractivity contribution in [2.45, 2.75) is 13.5 Å². The molecule has 0 aromatic carbocycles. The summed E-state index contributed by atoms with van der Waals surface area (Å²) in [5.74, 6) is 0.247. The molecular weight excluding hydrogens is 244 g/mol. The molecule has 2 heterocycles. The molecule has 2 rings (SSSR count). The lowest BCUT2D eigenvalue weighted by Gasteiger charge is -2.05. The summed E-state index contributed by atoms with van der Waals surface area (Å²) in [6.45, 7) is 2.64. The van der Waals surface area contributed by atoms with Gasteiger partial charge in [-0.2, -0.15) is 10.2 Å². The van der Waals surface area contributed by atoms with E-state index >= 15 is 0 Å².